The summed E-state index contributed by atoms with van der Waals surface area (Å²) in [7, 11) is 1.55. The lowest BCUT2D eigenvalue weighted by atomic mass is 10.2. The number of ether oxygens (including phenoxy) is 1. The maximum Gasteiger partial charge on any atom is 0.287 e. The van der Waals surface area contributed by atoms with Gasteiger partial charge in [0.15, 0.2) is 0 Å². The van der Waals surface area contributed by atoms with Gasteiger partial charge in [0.25, 0.3) is 11.8 Å². The van der Waals surface area contributed by atoms with Crippen molar-refractivity contribution in [3.63, 3.8) is 0 Å². The molecule has 0 aliphatic rings. The van der Waals surface area contributed by atoms with Gasteiger partial charge in [-0.1, -0.05) is 45.7 Å². The maximum atomic E-state index is 12.8. The number of rotatable bonds is 7. The van der Waals surface area contributed by atoms with Gasteiger partial charge in [-0.05, 0) is 47.9 Å². The van der Waals surface area contributed by atoms with E-state index in [1.807, 2.05) is 23.6 Å². The summed E-state index contributed by atoms with van der Waals surface area (Å²) in [4.78, 5) is 26.2. The second-order valence-corrected chi connectivity index (χ2v) is 8.39. The number of carbonyl (C=O) groups excluding carboxylic acids is 2. The molecular formula is C22H17BrClN3O3S. The van der Waals surface area contributed by atoms with E-state index in [9.17, 15) is 9.59 Å². The zero-order chi connectivity index (χ0) is 22.2. The van der Waals surface area contributed by atoms with Gasteiger partial charge in [-0.25, -0.2) is 5.43 Å². The number of amides is 2. The van der Waals surface area contributed by atoms with Crippen LogP contribution in [0.2, 0.25) is 5.02 Å². The van der Waals surface area contributed by atoms with E-state index in [1.54, 1.807) is 49.6 Å². The lowest BCUT2D eigenvalue weighted by Gasteiger charge is -2.10. The Hall–Kier alpha value is -2.94. The van der Waals surface area contributed by atoms with Crippen molar-refractivity contribution in [1.82, 2.24) is 10.7 Å². The molecule has 0 fully saturated rings. The molecule has 0 saturated heterocycles. The van der Waals surface area contributed by atoms with E-state index in [2.05, 4.69) is 31.8 Å². The number of hydrogen-bond donors (Lipinski definition) is 2. The zero-order valence-electron chi connectivity index (χ0n) is 16.3. The zero-order valence-corrected chi connectivity index (χ0v) is 19.4. The van der Waals surface area contributed by atoms with Gasteiger partial charge >= 0.3 is 0 Å². The van der Waals surface area contributed by atoms with Crippen molar-refractivity contribution in [1.29, 1.82) is 0 Å². The van der Waals surface area contributed by atoms with Crippen molar-refractivity contribution < 1.29 is 14.3 Å². The summed E-state index contributed by atoms with van der Waals surface area (Å²) in [5.41, 5.74) is 3.40. The third kappa shape index (κ3) is 6.27. The van der Waals surface area contributed by atoms with E-state index >= 15 is 0 Å². The number of hydrogen-bond acceptors (Lipinski definition) is 5. The first-order valence-corrected chi connectivity index (χ1v) is 11.0. The van der Waals surface area contributed by atoms with Crippen molar-refractivity contribution in [2.24, 2.45) is 5.10 Å². The van der Waals surface area contributed by atoms with Crippen LogP contribution < -0.4 is 15.5 Å². The normalized spacial score (nSPS) is 11.4. The molecule has 2 aromatic carbocycles. The number of carbonyl (C=O) groups is 2. The van der Waals surface area contributed by atoms with Crippen LogP contribution in [0.1, 0.15) is 20.8 Å². The van der Waals surface area contributed by atoms with Crippen LogP contribution in [0.4, 0.5) is 0 Å². The van der Waals surface area contributed by atoms with Crippen LogP contribution in [0, 0.1) is 0 Å². The molecule has 3 rings (SSSR count). The SMILES string of the molecule is COc1ccc(Br)cc1C=NNC(=O)/C(=C\c1cccs1)NC(=O)c1ccccc1Cl. The molecule has 2 amide bonds. The Morgan fingerprint density at radius 2 is 1.97 bits per heavy atom. The lowest BCUT2D eigenvalue weighted by Crippen LogP contribution is -2.33. The van der Waals surface area contributed by atoms with Crippen molar-refractivity contribution in [2.45, 2.75) is 0 Å². The number of nitrogens with zero attached hydrogens (tertiary/aromatic N) is 1. The molecule has 0 bridgehead atoms. The summed E-state index contributed by atoms with van der Waals surface area (Å²) in [5.74, 6) is -0.484. The van der Waals surface area contributed by atoms with Crippen molar-refractivity contribution in [3.05, 3.63) is 91.2 Å². The van der Waals surface area contributed by atoms with Crippen LogP contribution >= 0.6 is 38.9 Å². The highest BCUT2D eigenvalue weighted by Gasteiger charge is 2.16. The Morgan fingerprint density at radius 1 is 1.16 bits per heavy atom. The standard InChI is InChI=1S/C22H17BrClN3O3S/c1-30-20-9-8-15(23)11-14(20)13-25-27-22(29)19(12-16-5-4-10-31-16)26-21(28)17-6-2-3-7-18(17)24/h2-13H,1H3,(H,26,28)(H,27,29)/b19-12+,25-13?. The average Bonchev–Trinajstić information content (AvgIpc) is 3.27. The van der Waals surface area contributed by atoms with Crippen LogP contribution in [0.5, 0.6) is 5.75 Å². The summed E-state index contributed by atoms with van der Waals surface area (Å²) < 4.78 is 6.12. The molecule has 0 unspecified atom stereocenters. The molecule has 0 aliphatic heterocycles. The Kier molecular flexibility index (Phi) is 8.00. The number of halogens is 2. The average molecular weight is 519 g/mol. The summed E-state index contributed by atoms with van der Waals surface area (Å²) in [6, 6.07) is 15.7. The number of hydrazone groups is 1. The fourth-order valence-corrected chi connectivity index (χ4v) is 3.79. The van der Waals surface area contributed by atoms with E-state index in [4.69, 9.17) is 16.3 Å². The number of benzene rings is 2. The summed E-state index contributed by atoms with van der Waals surface area (Å²) >= 11 is 10.9. The van der Waals surface area contributed by atoms with E-state index < -0.39 is 11.8 Å². The van der Waals surface area contributed by atoms with Gasteiger partial charge < -0.3 is 10.1 Å². The molecule has 2 N–H and O–H groups in total. The molecule has 31 heavy (non-hydrogen) atoms. The largest absolute Gasteiger partial charge is 0.496 e. The van der Waals surface area contributed by atoms with E-state index in [0.717, 1.165) is 9.35 Å². The molecule has 9 heteroatoms. The molecule has 6 nitrogen and oxygen atoms in total. The first-order valence-electron chi connectivity index (χ1n) is 8.96. The minimum atomic E-state index is -0.584. The summed E-state index contributed by atoms with van der Waals surface area (Å²) in [6.07, 6.45) is 3.03. The molecule has 3 aromatic rings. The van der Waals surface area contributed by atoms with Gasteiger partial charge in [-0.3, -0.25) is 9.59 Å². The van der Waals surface area contributed by atoms with Gasteiger partial charge in [0, 0.05) is 14.9 Å². The third-order valence-corrected chi connectivity index (χ3v) is 5.64. The molecule has 158 valence electrons. The fraction of sp³-hybridized carbons (Fsp3) is 0.0455. The van der Waals surface area contributed by atoms with E-state index in [0.29, 0.717) is 11.3 Å². The summed E-state index contributed by atoms with van der Waals surface area (Å²) in [5, 5.41) is 8.78. The van der Waals surface area contributed by atoms with Crippen LogP contribution in [0.15, 0.2) is 75.2 Å². The molecule has 0 aliphatic carbocycles. The van der Waals surface area contributed by atoms with Crippen molar-refractivity contribution >= 4 is 63.0 Å². The van der Waals surface area contributed by atoms with Gasteiger partial charge in [0.05, 0.1) is 23.9 Å². The molecule has 0 atom stereocenters. The Labute approximate surface area is 196 Å². The lowest BCUT2D eigenvalue weighted by molar-refractivity contribution is -0.117. The van der Waals surface area contributed by atoms with Crippen molar-refractivity contribution in [3.8, 4) is 5.75 Å². The quantitative estimate of drug-likeness (QED) is 0.260. The maximum absolute atomic E-state index is 12.8. The molecule has 0 spiro atoms. The first kappa shape index (κ1) is 22.7. The smallest absolute Gasteiger partial charge is 0.287 e. The third-order valence-electron chi connectivity index (χ3n) is 4.00. The predicted molar refractivity (Wildman–Crippen MR) is 128 cm³/mol. The number of nitrogens with one attached hydrogen (secondary N) is 2. The topological polar surface area (TPSA) is 79.8 Å². The molecule has 1 aromatic heterocycles. The molecule has 0 saturated carbocycles. The van der Waals surface area contributed by atoms with Crippen LogP contribution in [0.25, 0.3) is 6.08 Å². The van der Waals surface area contributed by atoms with Crippen LogP contribution in [-0.2, 0) is 4.79 Å². The monoisotopic (exact) mass is 517 g/mol. The van der Waals surface area contributed by atoms with Crippen molar-refractivity contribution in [2.75, 3.05) is 7.11 Å². The first-order chi connectivity index (χ1) is 15.0. The molecular weight excluding hydrogens is 502 g/mol. The highest BCUT2D eigenvalue weighted by Crippen LogP contribution is 2.21. The number of methoxy groups -OCH3 is 1. The second-order valence-electron chi connectivity index (χ2n) is 6.09. The molecule has 0 radical (unpaired) electrons. The van der Waals surface area contributed by atoms with Gasteiger partial charge in [-0.15, -0.1) is 11.3 Å². The highest BCUT2D eigenvalue weighted by molar-refractivity contribution is 9.10. The van der Waals surface area contributed by atoms with E-state index in [-0.39, 0.29) is 16.3 Å². The second kappa shape index (κ2) is 10.9. The van der Waals surface area contributed by atoms with Gasteiger partial charge in [-0.2, -0.15) is 5.10 Å². The minimum absolute atomic E-state index is 0.0331. The minimum Gasteiger partial charge on any atom is -0.496 e. The molecule has 1 heterocycles. The highest BCUT2D eigenvalue weighted by atomic mass is 79.9. The van der Waals surface area contributed by atoms with Gasteiger partial charge in [0.2, 0.25) is 0 Å². The van der Waals surface area contributed by atoms with Crippen LogP contribution in [-0.4, -0.2) is 25.1 Å². The predicted octanol–water partition coefficient (Wildman–Crippen LogP) is 5.09. The van der Waals surface area contributed by atoms with Gasteiger partial charge in [0.1, 0.15) is 11.4 Å². The Bertz CT molecular complexity index is 1150. The number of thiophene rings is 1. The van der Waals surface area contributed by atoms with E-state index in [1.165, 1.54) is 17.6 Å². The summed E-state index contributed by atoms with van der Waals surface area (Å²) in [6.45, 7) is 0. The Morgan fingerprint density at radius 3 is 2.68 bits per heavy atom. The van der Waals surface area contributed by atoms with Crippen LogP contribution in [0.3, 0.4) is 0 Å². The fourth-order valence-electron chi connectivity index (χ4n) is 2.54. The Balaban J connectivity index is 1.80.